The molecule has 0 spiro atoms. The maximum atomic E-state index is 10.6. The van der Waals surface area contributed by atoms with E-state index >= 15 is 0 Å². The van der Waals surface area contributed by atoms with E-state index in [1.54, 1.807) is 12.1 Å². The van der Waals surface area contributed by atoms with E-state index in [1.807, 2.05) is 26.8 Å². The molecule has 0 saturated carbocycles. The maximum absolute atomic E-state index is 10.6. The molecule has 0 unspecified atom stereocenters. The molecule has 0 aliphatic heterocycles. The molecule has 0 radical (unpaired) electrons. The van der Waals surface area contributed by atoms with Gasteiger partial charge in [-0.25, -0.2) is 0 Å². The summed E-state index contributed by atoms with van der Waals surface area (Å²) >= 11 is 0. The van der Waals surface area contributed by atoms with E-state index in [2.05, 4.69) is 10.2 Å². The van der Waals surface area contributed by atoms with E-state index in [0.717, 1.165) is 27.8 Å². The Kier molecular flexibility index (Phi) is 5.18. The van der Waals surface area contributed by atoms with E-state index in [9.17, 15) is 15.2 Å². The lowest BCUT2D eigenvalue weighted by Crippen LogP contribution is -2.01. The van der Waals surface area contributed by atoms with E-state index in [1.165, 1.54) is 12.1 Å². The van der Waals surface area contributed by atoms with Crippen molar-refractivity contribution < 1.29 is 10.0 Å². The minimum atomic E-state index is -0.448. The largest absolute Gasteiger partial charge is 0.392 e. The van der Waals surface area contributed by atoms with Crippen molar-refractivity contribution in [3.63, 3.8) is 0 Å². The number of nitro benzene ring substituents is 1. The molecule has 0 aliphatic rings. The molecule has 0 saturated heterocycles. The van der Waals surface area contributed by atoms with Crippen LogP contribution in [-0.4, -0.2) is 10.0 Å². The zero-order valence-electron chi connectivity index (χ0n) is 13.4. The molecule has 1 N–H and O–H groups in total. The molecule has 0 atom stereocenters. The highest BCUT2D eigenvalue weighted by molar-refractivity contribution is 5.45. The number of nitrogens with zero attached hydrogens (tertiary/aromatic N) is 3. The van der Waals surface area contributed by atoms with Crippen LogP contribution in [0, 0.1) is 30.9 Å². The first-order chi connectivity index (χ1) is 10.9. The summed E-state index contributed by atoms with van der Waals surface area (Å²) in [6.45, 7) is 6.38. The monoisotopic (exact) mass is 313 g/mol. The van der Waals surface area contributed by atoms with Crippen molar-refractivity contribution in [3.8, 4) is 0 Å². The quantitative estimate of drug-likeness (QED) is 0.507. The summed E-state index contributed by atoms with van der Waals surface area (Å²) in [5.74, 6) is 0. The Labute approximate surface area is 134 Å². The Hall–Kier alpha value is -2.60. The zero-order chi connectivity index (χ0) is 17.0. The van der Waals surface area contributed by atoms with Gasteiger partial charge in [0.15, 0.2) is 0 Å². The highest BCUT2D eigenvalue weighted by atomic mass is 16.6. The number of aryl methyl sites for hydroxylation is 2. The number of hydrogen-bond acceptors (Lipinski definition) is 5. The third-order valence-electron chi connectivity index (χ3n) is 3.92. The molecular formula is C17H19N3O3. The Balaban J connectivity index is 2.19. The van der Waals surface area contributed by atoms with Gasteiger partial charge in [-0.15, -0.1) is 0 Å². The fourth-order valence-corrected chi connectivity index (χ4v) is 2.59. The lowest BCUT2D eigenvalue weighted by Gasteiger charge is -2.14. The van der Waals surface area contributed by atoms with Gasteiger partial charge in [-0.1, -0.05) is 6.07 Å². The Morgan fingerprint density at radius 2 is 1.70 bits per heavy atom. The van der Waals surface area contributed by atoms with E-state index < -0.39 is 4.92 Å². The second-order valence-electron chi connectivity index (χ2n) is 5.42. The first-order valence-electron chi connectivity index (χ1n) is 7.25. The molecule has 0 fully saturated rings. The van der Waals surface area contributed by atoms with Crippen LogP contribution in [0.4, 0.5) is 11.4 Å². The van der Waals surface area contributed by atoms with Crippen LogP contribution in [0.2, 0.25) is 0 Å². The second-order valence-corrected chi connectivity index (χ2v) is 5.42. The minimum absolute atomic E-state index is 0.00441. The van der Waals surface area contributed by atoms with E-state index in [0.29, 0.717) is 12.2 Å². The third kappa shape index (κ3) is 3.78. The van der Waals surface area contributed by atoms with Crippen LogP contribution in [0.15, 0.2) is 40.6 Å². The van der Waals surface area contributed by atoms with E-state index in [4.69, 9.17) is 0 Å². The summed E-state index contributed by atoms with van der Waals surface area (Å²) in [4.78, 5) is 10.2. The molecule has 2 aromatic carbocycles. The van der Waals surface area contributed by atoms with Crippen LogP contribution in [-0.2, 0) is 13.2 Å². The van der Waals surface area contributed by atoms with Gasteiger partial charge >= 0.3 is 0 Å². The van der Waals surface area contributed by atoms with E-state index in [-0.39, 0.29) is 12.3 Å². The van der Waals surface area contributed by atoms with Gasteiger partial charge in [0.05, 0.1) is 23.8 Å². The lowest BCUT2D eigenvalue weighted by atomic mass is 9.94. The first-order valence-corrected chi connectivity index (χ1v) is 7.25. The molecular weight excluding hydrogens is 294 g/mol. The zero-order valence-corrected chi connectivity index (χ0v) is 13.4. The highest BCUT2D eigenvalue weighted by Gasteiger charge is 2.10. The molecule has 6 nitrogen and oxygen atoms in total. The lowest BCUT2D eigenvalue weighted by molar-refractivity contribution is -0.384. The summed E-state index contributed by atoms with van der Waals surface area (Å²) in [5, 5.41) is 28.4. The van der Waals surface area contributed by atoms with Crippen molar-refractivity contribution in [3.05, 3.63) is 68.3 Å². The highest BCUT2D eigenvalue weighted by Crippen LogP contribution is 2.24. The SMILES string of the molecule is Cc1cc(C)c(CN=Nc2ccc([N+](=O)[O-])cc2)c(C)c1CO. The van der Waals surface area contributed by atoms with Crippen molar-refractivity contribution in [2.24, 2.45) is 10.2 Å². The molecule has 0 amide bonds. The van der Waals surface area contributed by atoms with Gasteiger partial charge in [0.1, 0.15) is 0 Å². The maximum Gasteiger partial charge on any atom is 0.269 e. The van der Waals surface area contributed by atoms with Crippen molar-refractivity contribution in [2.45, 2.75) is 33.9 Å². The van der Waals surface area contributed by atoms with Crippen LogP contribution in [0.25, 0.3) is 0 Å². The van der Waals surface area contributed by atoms with Crippen LogP contribution in [0.1, 0.15) is 27.8 Å². The average Bonchev–Trinajstić information content (AvgIpc) is 2.51. The van der Waals surface area contributed by atoms with Gasteiger partial charge in [-0.05, 0) is 60.7 Å². The Bertz CT molecular complexity index is 753. The van der Waals surface area contributed by atoms with Crippen molar-refractivity contribution >= 4 is 11.4 Å². The Morgan fingerprint density at radius 3 is 2.26 bits per heavy atom. The standard InChI is InChI=1S/C17H19N3O3/c1-11-8-12(2)17(10-21)13(3)16(11)9-18-19-14-4-6-15(7-5-14)20(22)23/h4-8,21H,9-10H2,1-3H3. The molecule has 0 bridgehead atoms. The third-order valence-corrected chi connectivity index (χ3v) is 3.92. The minimum Gasteiger partial charge on any atom is -0.392 e. The molecule has 2 aromatic rings. The summed E-state index contributed by atoms with van der Waals surface area (Å²) in [6, 6.07) is 7.97. The predicted molar refractivity (Wildman–Crippen MR) is 87.9 cm³/mol. The van der Waals surface area contributed by atoms with Crippen LogP contribution in [0.3, 0.4) is 0 Å². The fraction of sp³-hybridized carbons (Fsp3) is 0.294. The van der Waals surface area contributed by atoms with Crippen LogP contribution in [0.5, 0.6) is 0 Å². The summed E-state index contributed by atoms with van der Waals surface area (Å²) in [7, 11) is 0. The Morgan fingerprint density at radius 1 is 1.09 bits per heavy atom. The molecule has 120 valence electrons. The number of benzene rings is 2. The number of aliphatic hydroxyl groups is 1. The van der Waals surface area contributed by atoms with Gasteiger partial charge in [0.25, 0.3) is 5.69 Å². The van der Waals surface area contributed by atoms with Gasteiger partial charge in [0.2, 0.25) is 0 Å². The fourth-order valence-electron chi connectivity index (χ4n) is 2.59. The number of hydrogen-bond donors (Lipinski definition) is 1. The van der Waals surface area contributed by atoms with Gasteiger partial charge < -0.3 is 5.11 Å². The number of rotatable bonds is 5. The molecule has 6 heteroatoms. The number of nitro groups is 1. The molecule has 0 heterocycles. The number of azo groups is 1. The second kappa shape index (κ2) is 7.11. The van der Waals surface area contributed by atoms with Gasteiger partial charge in [-0.2, -0.15) is 10.2 Å². The molecule has 0 aliphatic carbocycles. The summed E-state index contributed by atoms with van der Waals surface area (Å²) < 4.78 is 0. The van der Waals surface area contributed by atoms with Gasteiger partial charge in [0, 0.05) is 12.1 Å². The molecule has 2 rings (SSSR count). The topological polar surface area (TPSA) is 88.1 Å². The van der Waals surface area contributed by atoms with Crippen molar-refractivity contribution in [1.29, 1.82) is 0 Å². The normalized spacial score (nSPS) is 11.1. The smallest absolute Gasteiger partial charge is 0.269 e. The van der Waals surface area contributed by atoms with Crippen LogP contribution >= 0.6 is 0 Å². The molecule has 0 aromatic heterocycles. The summed E-state index contributed by atoms with van der Waals surface area (Å²) in [5.41, 5.74) is 5.79. The van der Waals surface area contributed by atoms with Crippen molar-refractivity contribution in [1.82, 2.24) is 0 Å². The average molecular weight is 313 g/mol. The summed E-state index contributed by atoms with van der Waals surface area (Å²) in [6.07, 6.45) is 0. The number of aliphatic hydroxyl groups excluding tert-OH is 1. The van der Waals surface area contributed by atoms with Crippen LogP contribution < -0.4 is 0 Å². The predicted octanol–water partition coefficient (Wildman–Crippen LogP) is 4.30. The first kappa shape index (κ1) is 16.8. The number of non-ortho nitro benzene ring substituents is 1. The van der Waals surface area contributed by atoms with Crippen molar-refractivity contribution in [2.75, 3.05) is 0 Å². The molecule has 23 heavy (non-hydrogen) atoms. The van der Waals surface area contributed by atoms with Gasteiger partial charge in [-0.3, -0.25) is 10.1 Å².